The number of hydrogen-bond acceptors (Lipinski definition) is 3. The molecule has 0 saturated heterocycles. The number of nitrogens with zero attached hydrogens (tertiary/aromatic N) is 2. The van der Waals surface area contributed by atoms with Gasteiger partial charge < -0.3 is 16.0 Å². The van der Waals surface area contributed by atoms with Crippen molar-refractivity contribution in [3.05, 3.63) is 12.3 Å². The Bertz CT molecular complexity index is 494. The van der Waals surface area contributed by atoms with E-state index in [1.54, 1.807) is 24.0 Å². The molecule has 0 unspecified atom stereocenters. The number of urea groups is 1. The van der Waals surface area contributed by atoms with Gasteiger partial charge in [-0.25, -0.2) is 4.79 Å². The molecule has 1 aromatic rings. The van der Waals surface area contributed by atoms with Crippen molar-refractivity contribution in [2.75, 3.05) is 11.9 Å². The molecule has 122 valence electrons. The van der Waals surface area contributed by atoms with Crippen molar-refractivity contribution >= 4 is 17.8 Å². The fourth-order valence-electron chi connectivity index (χ4n) is 2.62. The highest BCUT2D eigenvalue weighted by atomic mass is 16.2. The minimum atomic E-state index is -0.128. The van der Waals surface area contributed by atoms with E-state index < -0.39 is 0 Å². The molecule has 3 amide bonds. The molecule has 1 saturated carbocycles. The highest BCUT2D eigenvalue weighted by Crippen LogP contribution is 2.17. The Morgan fingerprint density at radius 2 is 2.09 bits per heavy atom. The maximum atomic E-state index is 11.7. The molecule has 0 aliphatic heterocycles. The molecule has 1 aliphatic rings. The fraction of sp³-hybridized carbons (Fsp3) is 0.667. The lowest BCUT2D eigenvalue weighted by Gasteiger charge is -2.22. The van der Waals surface area contributed by atoms with Crippen LogP contribution in [0, 0.1) is 0 Å². The minimum Gasteiger partial charge on any atom is -0.338 e. The Labute approximate surface area is 130 Å². The second-order valence-corrected chi connectivity index (χ2v) is 5.76. The number of rotatable bonds is 6. The van der Waals surface area contributed by atoms with Gasteiger partial charge in [-0.15, -0.1) is 0 Å². The van der Waals surface area contributed by atoms with Crippen LogP contribution in [0.2, 0.25) is 0 Å². The van der Waals surface area contributed by atoms with Crippen molar-refractivity contribution in [1.82, 2.24) is 20.4 Å². The summed E-state index contributed by atoms with van der Waals surface area (Å²) in [6, 6.07) is 1.92. The summed E-state index contributed by atoms with van der Waals surface area (Å²) in [6.07, 6.45) is 8.53. The molecule has 0 radical (unpaired) electrons. The quantitative estimate of drug-likeness (QED) is 0.700. The summed E-state index contributed by atoms with van der Waals surface area (Å²) in [5.74, 6) is 0.462. The average Bonchev–Trinajstić information content (AvgIpc) is 2.90. The van der Waals surface area contributed by atoms with Crippen molar-refractivity contribution in [2.24, 2.45) is 7.05 Å². The lowest BCUT2D eigenvalue weighted by Crippen LogP contribution is -2.43. The summed E-state index contributed by atoms with van der Waals surface area (Å²) in [6.45, 7) is 0.494. The Balaban J connectivity index is 1.54. The molecular weight excluding hydrogens is 282 g/mol. The van der Waals surface area contributed by atoms with Crippen LogP contribution in [-0.4, -0.2) is 34.3 Å². The van der Waals surface area contributed by atoms with Crippen molar-refractivity contribution in [3.63, 3.8) is 0 Å². The van der Waals surface area contributed by atoms with Crippen LogP contribution in [0.3, 0.4) is 0 Å². The van der Waals surface area contributed by atoms with Gasteiger partial charge in [0.05, 0.1) is 0 Å². The van der Waals surface area contributed by atoms with Gasteiger partial charge in [-0.3, -0.25) is 9.48 Å². The minimum absolute atomic E-state index is 0.0896. The number of aryl methyl sites for hydroxylation is 1. The largest absolute Gasteiger partial charge is 0.338 e. The molecular formula is C15H25N5O2. The zero-order chi connectivity index (χ0) is 15.8. The van der Waals surface area contributed by atoms with E-state index in [-0.39, 0.29) is 11.9 Å². The van der Waals surface area contributed by atoms with Crippen LogP contribution in [0.4, 0.5) is 10.6 Å². The van der Waals surface area contributed by atoms with Gasteiger partial charge in [-0.1, -0.05) is 19.3 Å². The zero-order valence-corrected chi connectivity index (χ0v) is 13.1. The number of amides is 3. The first kappa shape index (κ1) is 16.3. The molecule has 3 N–H and O–H groups in total. The predicted molar refractivity (Wildman–Crippen MR) is 84.5 cm³/mol. The molecule has 2 rings (SSSR count). The molecule has 7 heteroatoms. The molecule has 7 nitrogen and oxygen atoms in total. The van der Waals surface area contributed by atoms with Gasteiger partial charge in [0.25, 0.3) is 0 Å². The predicted octanol–water partition coefficient (Wildman–Crippen LogP) is 1.77. The van der Waals surface area contributed by atoms with E-state index in [0.29, 0.717) is 31.2 Å². The standard InChI is InChI=1S/C15H25N5O2/c1-20-11-9-13(19-20)18-14(21)8-5-10-16-15(22)17-12-6-3-2-4-7-12/h9,11-12H,2-8,10H2,1H3,(H2,16,17,22)(H,18,19,21). The second kappa shape index (κ2) is 8.41. The summed E-state index contributed by atoms with van der Waals surface area (Å²) in [5, 5.41) is 12.6. The highest BCUT2D eigenvalue weighted by Gasteiger charge is 2.15. The van der Waals surface area contributed by atoms with Crippen LogP contribution in [0.25, 0.3) is 0 Å². The number of carbonyl (C=O) groups excluding carboxylic acids is 2. The van der Waals surface area contributed by atoms with Gasteiger partial charge in [0, 0.05) is 38.3 Å². The van der Waals surface area contributed by atoms with E-state index in [1.807, 2.05) is 0 Å². The Hall–Kier alpha value is -2.05. The van der Waals surface area contributed by atoms with Crippen LogP contribution < -0.4 is 16.0 Å². The number of nitrogens with one attached hydrogen (secondary N) is 3. The lowest BCUT2D eigenvalue weighted by atomic mass is 9.96. The lowest BCUT2D eigenvalue weighted by molar-refractivity contribution is -0.116. The van der Waals surface area contributed by atoms with Gasteiger partial charge in [-0.05, 0) is 19.3 Å². The summed E-state index contributed by atoms with van der Waals surface area (Å²) in [4.78, 5) is 23.4. The van der Waals surface area contributed by atoms with E-state index in [4.69, 9.17) is 0 Å². The van der Waals surface area contributed by atoms with Crippen molar-refractivity contribution in [3.8, 4) is 0 Å². The van der Waals surface area contributed by atoms with E-state index in [9.17, 15) is 9.59 Å². The number of aromatic nitrogens is 2. The summed E-state index contributed by atoms with van der Waals surface area (Å²) >= 11 is 0. The molecule has 1 aliphatic carbocycles. The summed E-state index contributed by atoms with van der Waals surface area (Å²) < 4.78 is 1.63. The van der Waals surface area contributed by atoms with Gasteiger partial charge in [0.15, 0.2) is 5.82 Å². The summed E-state index contributed by atoms with van der Waals surface area (Å²) in [7, 11) is 1.80. The molecule has 1 heterocycles. The molecule has 1 aromatic heterocycles. The molecule has 22 heavy (non-hydrogen) atoms. The SMILES string of the molecule is Cn1ccc(NC(=O)CCCNC(=O)NC2CCCCC2)n1. The zero-order valence-electron chi connectivity index (χ0n) is 13.1. The van der Waals surface area contributed by atoms with Crippen molar-refractivity contribution < 1.29 is 9.59 Å². The average molecular weight is 307 g/mol. The third-order valence-electron chi connectivity index (χ3n) is 3.79. The van der Waals surface area contributed by atoms with E-state index in [1.165, 1.54) is 19.3 Å². The smallest absolute Gasteiger partial charge is 0.315 e. The molecule has 0 atom stereocenters. The Morgan fingerprint density at radius 1 is 1.32 bits per heavy atom. The first-order valence-corrected chi connectivity index (χ1v) is 7.97. The second-order valence-electron chi connectivity index (χ2n) is 5.76. The van der Waals surface area contributed by atoms with Crippen molar-refractivity contribution in [2.45, 2.75) is 51.0 Å². The fourth-order valence-corrected chi connectivity index (χ4v) is 2.62. The van der Waals surface area contributed by atoms with Crippen LogP contribution in [-0.2, 0) is 11.8 Å². The van der Waals surface area contributed by atoms with Gasteiger partial charge in [0.1, 0.15) is 0 Å². The third-order valence-corrected chi connectivity index (χ3v) is 3.79. The maximum absolute atomic E-state index is 11.7. The first-order valence-electron chi connectivity index (χ1n) is 7.97. The molecule has 0 aromatic carbocycles. The third kappa shape index (κ3) is 5.75. The molecule has 0 bridgehead atoms. The normalized spacial score (nSPS) is 15.3. The van der Waals surface area contributed by atoms with E-state index >= 15 is 0 Å². The van der Waals surface area contributed by atoms with Gasteiger partial charge in [0.2, 0.25) is 5.91 Å². The van der Waals surface area contributed by atoms with Crippen LogP contribution in [0.15, 0.2) is 12.3 Å². The number of anilines is 1. The number of carbonyl (C=O) groups is 2. The van der Waals surface area contributed by atoms with Gasteiger partial charge >= 0.3 is 6.03 Å². The molecule has 0 spiro atoms. The van der Waals surface area contributed by atoms with Crippen molar-refractivity contribution in [1.29, 1.82) is 0 Å². The van der Waals surface area contributed by atoms with Gasteiger partial charge in [-0.2, -0.15) is 5.10 Å². The summed E-state index contributed by atoms with van der Waals surface area (Å²) in [5.41, 5.74) is 0. The van der Waals surface area contributed by atoms with Crippen LogP contribution in [0.5, 0.6) is 0 Å². The van der Waals surface area contributed by atoms with Crippen LogP contribution in [0.1, 0.15) is 44.9 Å². The topological polar surface area (TPSA) is 88.0 Å². The monoisotopic (exact) mass is 307 g/mol. The molecule has 1 fully saturated rings. The van der Waals surface area contributed by atoms with E-state index in [0.717, 1.165) is 12.8 Å². The van der Waals surface area contributed by atoms with Crippen LogP contribution >= 0.6 is 0 Å². The van der Waals surface area contributed by atoms with E-state index in [2.05, 4.69) is 21.0 Å². The number of hydrogen-bond donors (Lipinski definition) is 3. The highest BCUT2D eigenvalue weighted by molar-refractivity contribution is 5.89. The Kier molecular flexibility index (Phi) is 6.24. The maximum Gasteiger partial charge on any atom is 0.315 e. The first-order chi connectivity index (χ1) is 10.6. The Morgan fingerprint density at radius 3 is 2.77 bits per heavy atom.